The van der Waals surface area contributed by atoms with Gasteiger partial charge in [0.2, 0.25) is 0 Å². The Morgan fingerprint density at radius 3 is 2.44 bits per heavy atom. The molecule has 0 bridgehead atoms. The van der Waals surface area contributed by atoms with Crippen molar-refractivity contribution in [1.29, 1.82) is 0 Å². The quantitative estimate of drug-likeness (QED) is 0.625. The number of hydrogen-bond acceptors (Lipinski definition) is 5. The third kappa shape index (κ3) is 4.92. The van der Waals surface area contributed by atoms with Crippen molar-refractivity contribution < 1.29 is 14.3 Å². The fourth-order valence-electron chi connectivity index (χ4n) is 2.44. The zero-order valence-corrected chi connectivity index (χ0v) is 15.6. The van der Waals surface area contributed by atoms with E-state index in [1.54, 1.807) is 24.3 Å². The summed E-state index contributed by atoms with van der Waals surface area (Å²) in [6.45, 7) is 2.22. The maximum Gasteiger partial charge on any atom is 0.338 e. The number of nitrogens with one attached hydrogen (secondary N) is 1. The van der Waals surface area contributed by atoms with Gasteiger partial charge in [0.25, 0.3) is 0 Å². The molecule has 0 saturated heterocycles. The number of aromatic nitrogens is 1. The lowest BCUT2D eigenvalue weighted by Gasteiger charge is -2.05. The topological polar surface area (TPSA) is 94.3 Å². The number of nitrogens with zero attached hydrogens (tertiary/aromatic N) is 1. The van der Waals surface area contributed by atoms with E-state index in [0.29, 0.717) is 16.9 Å². The Kier molecular flexibility index (Phi) is 5.83. The zero-order chi connectivity index (χ0) is 19.2. The van der Waals surface area contributed by atoms with Gasteiger partial charge in [-0.15, -0.1) is 11.3 Å². The molecule has 2 aromatic carbocycles. The van der Waals surface area contributed by atoms with E-state index >= 15 is 0 Å². The number of ether oxygens (including phenoxy) is 1. The van der Waals surface area contributed by atoms with E-state index in [1.807, 2.05) is 5.38 Å². The summed E-state index contributed by atoms with van der Waals surface area (Å²) in [4.78, 5) is 27.5. The van der Waals surface area contributed by atoms with Crippen LogP contribution in [-0.2, 0) is 17.8 Å². The van der Waals surface area contributed by atoms with Crippen LogP contribution >= 0.6 is 11.3 Å². The fourth-order valence-corrected chi connectivity index (χ4v) is 3.25. The van der Waals surface area contributed by atoms with Crippen LogP contribution in [0.4, 0.5) is 10.5 Å². The molecule has 0 atom stereocenters. The van der Waals surface area contributed by atoms with Crippen LogP contribution in [0.15, 0.2) is 53.9 Å². The number of carbonyl (C=O) groups is 2. The molecule has 0 radical (unpaired) electrons. The van der Waals surface area contributed by atoms with Gasteiger partial charge >= 0.3 is 12.0 Å². The highest BCUT2D eigenvalue weighted by molar-refractivity contribution is 7.13. The lowest BCUT2D eigenvalue weighted by Crippen LogP contribution is -2.19. The van der Waals surface area contributed by atoms with Gasteiger partial charge in [0.1, 0.15) is 11.6 Å². The summed E-state index contributed by atoms with van der Waals surface area (Å²) in [5, 5.41) is 5.21. The maximum absolute atomic E-state index is 12.1. The molecule has 0 aliphatic carbocycles. The van der Waals surface area contributed by atoms with Crippen LogP contribution in [0.1, 0.15) is 28.5 Å². The van der Waals surface area contributed by atoms with Crippen LogP contribution in [0.25, 0.3) is 10.6 Å². The second-order valence-electron chi connectivity index (χ2n) is 5.84. The predicted octanol–water partition coefficient (Wildman–Crippen LogP) is 4.22. The molecule has 7 heteroatoms. The molecule has 2 amide bonds. The molecular formula is C20H19N3O3S. The van der Waals surface area contributed by atoms with Crippen molar-refractivity contribution in [2.24, 2.45) is 5.73 Å². The number of esters is 1. The van der Waals surface area contributed by atoms with E-state index in [4.69, 9.17) is 10.5 Å². The largest absolute Gasteiger partial charge is 0.456 e. The maximum atomic E-state index is 12.1. The highest BCUT2D eigenvalue weighted by atomic mass is 32.1. The Hall–Kier alpha value is -3.19. The van der Waals surface area contributed by atoms with Gasteiger partial charge in [-0.3, -0.25) is 0 Å². The highest BCUT2D eigenvalue weighted by Gasteiger charge is 2.10. The molecule has 0 aliphatic heterocycles. The van der Waals surface area contributed by atoms with Crippen LogP contribution < -0.4 is 11.1 Å². The van der Waals surface area contributed by atoms with Crippen molar-refractivity contribution in [3.63, 3.8) is 0 Å². The van der Waals surface area contributed by atoms with Crippen molar-refractivity contribution in [2.45, 2.75) is 20.0 Å². The summed E-state index contributed by atoms with van der Waals surface area (Å²) in [6.07, 6.45) is 0.999. The van der Waals surface area contributed by atoms with Crippen LogP contribution in [0, 0.1) is 0 Å². The Morgan fingerprint density at radius 1 is 1.11 bits per heavy atom. The van der Waals surface area contributed by atoms with E-state index < -0.39 is 12.0 Å². The first kappa shape index (κ1) is 18.6. The molecular weight excluding hydrogens is 362 g/mol. The first-order valence-corrected chi connectivity index (χ1v) is 9.30. The number of anilines is 1. The first-order valence-electron chi connectivity index (χ1n) is 8.42. The zero-order valence-electron chi connectivity index (χ0n) is 14.8. The molecule has 3 aromatic rings. The Labute approximate surface area is 161 Å². The van der Waals surface area contributed by atoms with Crippen molar-refractivity contribution in [3.05, 3.63) is 70.7 Å². The minimum Gasteiger partial charge on any atom is -0.456 e. The number of amides is 2. The number of urea groups is 1. The summed E-state index contributed by atoms with van der Waals surface area (Å²) in [5.74, 6) is -0.456. The Balaban J connectivity index is 1.59. The van der Waals surface area contributed by atoms with Gasteiger partial charge in [0.15, 0.2) is 0 Å². The number of nitrogens with two attached hydrogens (primary N) is 1. The third-order valence-corrected chi connectivity index (χ3v) is 4.84. The van der Waals surface area contributed by atoms with Gasteiger partial charge in [-0.25, -0.2) is 14.6 Å². The summed E-state index contributed by atoms with van der Waals surface area (Å²) in [7, 11) is 0. The first-order chi connectivity index (χ1) is 13.0. The number of carbonyl (C=O) groups excluding carboxylic acids is 2. The van der Waals surface area contributed by atoms with E-state index in [1.165, 1.54) is 16.9 Å². The smallest absolute Gasteiger partial charge is 0.338 e. The number of hydrogen-bond donors (Lipinski definition) is 2. The van der Waals surface area contributed by atoms with Crippen molar-refractivity contribution in [1.82, 2.24) is 4.98 Å². The molecule has 3 rings (SSSR count). The van der Waals surface area contributed by atoms with E-state index in [9.17, 15) is 9.59 Å². The summed E-state index contributed by atoms with van der Waals surface area (Å²) < 4.78 is 5.31. The fraction of sp³-hybridized carbons (Fsp3) is 0.150. The second kappa shape index (κ2) is 8.46. The van der Waals surface area contributed by atoms with Gasteiger partial charge < -0.3 is 15.8 Å². The monoisotopic (exact) mass is 381 g/mol. The average Bonchev–Trinajstić information content (AvgIpc) is 3.15. The average molecular weight is 381 g/mol. The summed E-state index contributed by atoms with van der Waals surface area (Å²) in [6, 6.07) is 13.9. The Bertz CT molecular complexity index is 934. The van der Waals surface area contributed by atoms with Gasteiger partial charge in [0.05, 0.1) is 11.3 Å². The van der Waals surface area contributed by atoms with Crippen LogP contribution in [0.3, 0.4) is 0 Å². The van der Waals surface area contributed by atoms with Crippen LogP contribution in [0.5, 0.6) is 0 Å². The van der Waals surface area contributed by atoms with Crippen LogP contribution in [-0.4, -0.2) is 17.0 Å². The summed E-state index contributed by atoms with van der Waals surface area (Å²) in [5.41, 5.74) is 8.97. The molecule has 3 N–H and O–H groups in total. The van der Waals surface area contributed by atoms with Crippen molar-refractivity contribution >= 4 is 29.0 Å². The molecule has 6 nitrogen and oxygen atoms in total. The van der Waals surface area contributed by atoms with Crippen molar-refractivity contribution in [3.8, 4) is 10.6 Å². The highest BCUT2D eigenvalue weighted by Crippen LogP contribution is 2.24. The van der Waals surface area contributed by atoms with Gasteiger partial charge in [0, 0.05) is 16.6 Å². The number of aryl methyl sites for hydroxylation is 1. The second-order valence-corrected chi connectivity index (χ2v) is 6.70. The molecule has 0 fully saturated rings. The summed E-state index contributed by atoms with van der Waals surface area (Å²) >= 11 is 1.52. The number of thiazole rings is 1. The molecule has 27 heavy (non-hydrogen) atoms. The molecule has 0 spiro atoms. The predicted molar refractivity (Wildman–Crippen MR) is 106 cm³/mol. The normalized spacial score (nSPS) is 10.4. The number of rotatable bonds is 6. The minimum absolute atomic E-state index is 0.101. The van der Waals surface area contributed by atoms with Crippen molar-refractivity contribution in [2.75, 3.05) is 5.32 Å². The molecule has 0 saturated carbocycles. The van der Waals surface area contributed by atoms with E-state index in [2.05, 4.69) is 41.5 Å². The molecule has 138 valence electrons. The molecule has 1 aromatic heterocycles. The van der Waals surface area contributed by atoms with Gasteiger partial charge in [-0.1, -0.05) is 31.2 Å². The SMILES string of the molecule is CCc1ccc(-c2nc(COC(=O)c3ccc(NC(N)=O)cc3)cs2)cc1. The van der Waals surface area contributed by atoms with E-state index in [-0.39, 0.29) is 6.61 Å². The number of benzene rings is 2. The van der Waals surface area contributed by atoms with Gasteiger partial charge in [-0.2, -0.15) is 0 Å². The lowest BCUT2D eigenvalue weighted by atomic mass is 10.1. The molecule has 0 unspecified atom stereocenters. The molecule has 0 aliphatic rings. The van der Waals surface area contributed by atoms with Gasteiger partial charge in [-0.05, 0) is 36.2 Å². The Morgan fingerprint density at radius 2 is 1.81 bits per heavy atom. The third-order valence-electron chi connectivity index (χ3n) is 3.90. The minimum atomic E-state index is -0.658. The van der Waals surface area contributed by atoms with E-state index in [0.717, 1.165) is 17.0 Å². The lowest BCUT2D eigenvalue weighted by molar-refractivity contribution is 0.0468. The standard InChI is InChI=1S/C20H19N3O3S/c1-2-13-3-5-14(6-4-13)18-22-17(12-27-18)11-26-19(24)15-7-9-16(10-8-15)23-20(21)25/h3-10,12H,2,11H2,1H3,(H3,21,23,25). The number of primary amides is 1. The molecule has 1 heterocycles. The van der Waals surface area contributed by atoms with Crippen LogP contribution in [0.2, 0.25) is 0 Å².